The summed E-state index contributed by atoms with van der Waals surface area (Å²) in [5.41, 5.74) is 1.99. The molecule has 2 aromatic carbocycles. The summed E-state index contributed by atoms with van der Waals surface area (Å²) in [5.74, 6) is 0.675. The molecule has 1 aliphatic heterocycles. The molecule has 3 aromatic rings. The molecular weight excluding hydrogens is 352 g/mol. The van der Waals surface area contributed by atoms with Gasteiger partial charge < -0.3 is 14.2 Å². The highest BCUT2D eigenvalue weighted by Gasteiger charge is 2.22. The molecule has 0 atom stereocenters. The van der Waals surface area contributed by atoms with Crippen molar-refractivity contribution < 1.29 is 9.53 Å². The zero-order valence-electron chi connectivity index (χ0n) is 16.2. The molecule has 28 heavy (non-hydrogen) atoms. The second kappa shape index (κ2) is 7.50. The summed E-state index contributed by atoms with van der Waals surface area (Å²) >= 11 is 0. The molecule has 0 aliphatic carbocycles. The maximum absolute atomic E-state index is 12.9. The van der Waals surface area contributed by atoms with E-state index in [-0.39, 0.29) is 24.1 Å². The quantitative estimate of drug-likeness (QED) is 0.697. The van der Waals surface area contributed by atoms with Crippen LogP contribution in [-0.2, 0) is 17.8 Å². The number of benzene rings is 2. The predicted octanol–water partition coefficient (Wildman–Crippen LogP) is 3.77. The maximum Gasteiger partial charge on any atom is 0.258 e. The number of amides is 1. The number of rotatable bonds is 4. The molecule has 0 N–H and O–H groups in total. The van der Waals surface area contributed by atoms with E-state index in [0.29, 0.717) is 11.9 Å². The largest absolute Gasteiger partial charge is 0.491 e. The molecule has 0 saturated heterocycles. The minimum atomic E-state index is -0.160. The van der Waals surface area contributed by atoms with Crippen molar-refractivity contribution in [2.75, 3.05) is 11.4 Å². The van der Waals surface area contributed by atoms with Gasteiger partial charge in [-0.1, -0.05) is 18.2 Å². The molecule has 0 saturated carbocycles. The van der Waals surface area contributed by atoms with Gasteiger partial charge in [0, 0.05) is 23.8 Å². The van der Waals surface area contributed by atoms with E-state index in [0.717, 1.165) is 29.7 Å². The van der Waals surface area contributed by atoms with Crippen LogP contribution in [0, 0.1) is 0 Å². The fourth-order valence-corrected chi connectivity index (χ4v) is 3.76. The Hall–Kier alpha value is -3.08. The van der Waals surface area contributed by atoms with Crippen LogP contribution in [-0.4, -0.2) is 23.1 Å². The molecule has 0 unspecified atom stereocenters. The molecule has 5 nitrogen and oxygen atoms in total. The van der Waals surface area contributed by atoms with Gasteiger partial charge in [0.1, 0.15) is 12.3 Å². The number of hydrogen-bond acceptors (Lipinski definition) is 3. The Kier molecular flexibility index (Phi) is 4.90. The van der Waals surface area contributed by atoms with E-state index in [4.69, 9.17) is 4.74 Å². The van der Waals surface area contributed by atoms with Crippen LogP contribution in [0.1, 0.15) is 25.8 Å². The number of aromatic nitrogens is 1. The summed E-state index contributed by atoms with van der Waals surface area (Å²) in [6.07, 6.45) is 3.69. The summed E-state index contributed by atoms with van der Waals surface area (Å²) in [6.45, 7) is 4.65. The smallest absolute Gasteiger partial charge is 0.258 e. The molecule has 1 aliphatic rings. The standard InChI is InChI=1S/C23H24N2O3/c1-16(2)28-19-9-10-20-18(14-19)11-13-24(23(20)27)15-22(26)25-12-5-7-17-6-3-4-8-21(17)25/h3-4,6,8-11,13-14,16H,5,7,12,15H2,1-2H3. The molecular formula is C23H24N2O3. The van der Waals surface area contributed by atoms with Gasteiger partial charge in [-0.15, -0.1) is 0 Å². The first kappa shape index (κ1) is 18.3. The van der Waals surface area contributed by atoms with E-state index < -0.39 is 0 Å². The van der Waals surface area contributed by atoms with E-state index in [1.54, 1.807) is 23.2 Å². The first-order chi connectivity index (χ1) is 13.5. The third-order valence-corrected chi connectivity index (χ3v) is 5.04. The molecule has 144 valence electrons. The van der Waals surface area contributed by atoms with Gasteiger partial charge in [0.15, 0.2) is 0 Å². The number of ether oxygens (including phenoxy) is 1. The maximum atomic E-state index is 12.9. The highest BCUT2D eigenvalue weighted by Crippen LogP contribution is 2.27. The molecule has 5 heteroatoms. The monoisotopic (exact) mass is 376 g/mol. The number of anilines is 1. The Morgan fingerprint density at radius 2 is 1.96 bits per heavy atom. The van der Waals surface area contributed by atoms with Gasteiger partial charge in [-0.3, -0.25) is 9.59 Å². The topological polar surface area (TPSA) is 51.5 Å². The normalized spacial score (nSPS) is 13.6. The van der Waals surface area contributed by atoms with Gasteiger partial charge in [-0.25, -0.2) is 0 Å². The predicted molar refractivity (Wildman–Crippen MR) is 111 cm³/mol. The van der Waals surface area contributed by atoms with Crippen molar-refractivity contribution in [2.24, 2.45) is 0 Å². The van der Waals surface area contributed by atoms with Crippen molar-refractivity contribution in [3.63, 3.8) is 0 Å². The van der Waals surface area contributed by atoms with Crippen LogP contribution in [0.25, 0.3) is 10.8 Å². The second-order valence-corrected chi connectivity index (χ2v) is 7.44. The number of pyridine rings is 1. The van der Waals surface area contributed by atoms with Gasteiger partial charge in [0.25, 0.3) is 5.56 Å². The van der Waals surface area contributed by atoms with Crippen molar-refractivity contribution in [1.29, 1.82) is 0 Å². The Balaban J connectivity index is 1.61. The van der Waals surface area contributed by atoms with Crippen molar-refractivity contribution in [3.05, 3.63) is 70.6 Å². The van der Waals surface area contributed by atoms with Crippen molar-refractivity contribution in [1.82, 2.24) is 4.57 Å². The van der Waals surface area contributed by atoms with Crippen LogP contribution in [0.3, 0.4) is 0 Å². The molecule has 0 bridgehead atoms. The fourth-order valence-electron chi connectivity index (χ4n) is 3.76. The van der Waals surface area contributed by atoms with E-state index in [2.05, 4.69) is 6.07 Å². The number of carbonyl (C=O) groups excluding carboxylic acids is 1. The van der Waals surface area contributed by atoms with Gasteiger partial charge in [0.2, 0.25) is 5.91 Å². The van der Waals surface area contributed by atoms with Crippen LogP contribution >= 0.6 is 0 Å². The number of para-hydroxylation sites is 1. The number of fused-ring (bicyclic) bond motifs is 2. The Labute approximate surface area is 164 Å². The highest BCUT2D eigenvalue weighted by molar-refractivity contribution is 5.94. The number of aryl methyl sites for hydroxylation is 1. The average molecular weight is 376 g/mol. The van der Waals surface area contributed by atoms with Gasteiger partial charge in [-0.05, 0) is 68.0 Å². The lowest BCUT2D eigenvalue weighted by molar-refractivity contribution is -0.119. The minimum absolute atomic E-state index is 0.0351. The molecule has 4 rings (SSSR count). The van der Waals surface area contributed by atoms with Gasteiger partial charge in [-0.2, -0.15) is 0 Å². The zero-order chi connectivity index (χ0) is 19.7. The number of hydrogen-bond donors (Lipinski definition) is 0. The SMILES string of the molecule is CC(C)Oc1ccc2c(=O)n(CC(=O)N3CCCc4ccccc43)ccc2c1. The average Bonchev–Trinajstić information content (AvgIpc) is 2.69. The Bertz CT molecular complexity index is 1080. The summed E-state index contributed by atoms with van der Waals surface area (Å²) in [4.78, 5) is 27.6. The van der Waals surface area contributed by atoms with E-state index in [1.165, 1.54) is 10.1 Å². The van der Waals surface area contributed by atoms with Crippen LogP contribution in [0.2, 0.25) is 0 Å². The number of nitrogens with zero attached hydrogens (tertiary/aromatic N) is 2. The third-order valence-electron chi connectivity index (χ3n) is 5.04. The summed E-state index contributed by atoms with van der Waals surface area (Å²) in [7, 11) is 0. The fraction of sp³-hybridized carbons (Fsp3) is 0.304. The van der Waals surface area contributed by atoms with Crippen molar-refractivity contribution >= 4 is 22.4 Å². The first-order valence-corrected chi connectivity index (χ1v) is 9.71. The van der Waals surface area contributed by atoms with Crippen LogP contribution < -0.4 is 15.2 Å². The number of carbonyl (C=O) groups is 1. The van der Waals surface area contributed by atoms with E-state index >= 15 is 0 Å². The molecule has 2 heterocycles. The highest BCUT2D eigenvalue weighted by atomic mass is 16.5. The lowest BCUT2D eigenvalue weighted by Gasteiger charge is -2.29. The van der Waals surface area contributed by atoms with Crippen molar-refractivity contribution in [2.45, 2.75) is 39.3 Å². The van der Waals surface area contributed by atoms with Gasteiger partial charge >= 0.3 is 0 Å². The van der Waals surface area contributed by atoms with Crippen LogP contribution in [0.15, 0.2) is 59.5 Å². The van der Waals surface area contributed by atoms with Gasteiger partial charge in [0.05, 0.1) is 6.10 Å². The third kappa shape index (κ3) is 3.52. The minimum Gasteiger partial charge on any atom is -0.491 e. The van der Waals surface area contributed by atoms with E-state index in [1.807, 2.05) is 44.2 Å². The Morgan fingerprint density at radius 1 is 1.14 bits per heavy atom. The first-order valence-electron chi connectivity index (χ1n) is 9.71. The summed E-state index contributed by atoms with van der Waals surface area (Å²) in [6, 6.07) is 15.3. The van der Waals surface area contributed by atoms with Crippen molar-refractivity contribution in [3.8, 4) is 5.75 Å². The van der Waals surface area contributed by atoms with Crippen LogP contribution in [0.5, 0.6) is 5.75 Å². The lowest BCUT2D eigenvalue weighted by atomic mass is 10.0. The second-order valence-electron chi connectivity index (χ2n) is 7.44. The van der Waals surface area contributed by atoms with Crippen LogP contribution in [0.4, 0.5) is 5.69 Å². The molecule has 0 spiro atoms. The summed E-state index contributed by atoms with van der Waals surface area (Å²) in [5, 5.41) is 1.40. The molecule has 1 amide bonds. The van der Waals surface area contributed by atoms with E-state index in [9.17, 15) is 9.59 Å². The zero-order valence-corrected chi connectivity index (χ0v) is 16.2. The summed E-state index contributed by atoms with van der Waals surface area (Å²) < 4.78 is 7.19. The Morgan fingerprint density at radius 3 is 2.79 bits per heavy atom. The lowest BCUT2D eigenvalue weighted by Crippen LogP contribution is -2.39. The molecule has 0 fully saturated rings. The molecule has 1 aromatic heterocycles. The molecule has 0 radical (unpaired) electrons.